The standard InChI is InChI=1S/C14H23O4P/c1-11-7-8-12(14(2,3)4)13(9-11)18-10-19(15,16-5)17-6/h7-9H,10H2,1-6H3. The molecule has 0 spiro atoms. The molecule has 1 rings (SSSR count). The zero-order valence-electron chi connectivity index (χ0n) is 12.5. The minimum atomic E-state index is -3.16. The Kier molecular flexibility index (Phi) is 5.19. The molecule has 1 aromatic rings. The molecule has 0 aliphatic carbocycles. The maximum atomic E-state index is 12.0. The quantitative estimate of drug-likeness (QED) is 0.764. The molecule has 0 heterocycles. The van der Waals surface area contributed by atoms with Gasteiger partial charge in [0.25, 0.3) is 0 Å². The van der Waals surface area contributed by atoms with Gasteiger partial charge in [-0.2, -0.15) is 0 Å². The van der Waals surface area contributed by atoms with E-state index in [1.807, 2.05) is 25.1 Å². The normalized spacial score (nSPS) is 12.5. The molecule has 5 heteroatoms. The fourth-order valence-electron chi connectivity index (χ4n) is 1.70. The highest BCUT2D eigenvalue weighted by molar-refractivity contribution is 7.53. The third-order valence-corrected chi connectivity index (χ3v) is 4.44. The second-order valence-corrected chi connectivity index (χ2v) is 7.71. The van der Waals surface area contributed by atoms with E-state index in [1.54, 1.807) is 0 Å². The lowest BCUT2D eigenvalue weighted by Crippen LogP contribution is -2.14. The molecule has 0 aliphatic heterocycles. The molecule has 1 aromatic carbocycles. The Bertz CT molecular complexity index is 469. The summed E-state index contributed by atoms with van der Waals surface area (Å²) in [4.78, 5) is 0. The second-order valence-electron chi connectivity index (χ2n) is 5.50. The van der Waals surface area contributed by atoms with E-state index in [1.165, 1.54) is 14.2 Å². The minimum absolute atomic E-state index is 0.0484. The summed E-state index contributed by atoms with van der Waals surface area (Å²) in [5.74, 6) is 0.724. The molecule has 0 radical (unpaired) electrons. The topological polar surface area (TPSA) is 44.8 Å². The lowest BCUT2D eigenvalue weighted by molar-refractivity contribution is 0.239. The Balaban J connectivity index is 3.00. The molecule has 0 atom stereocenters. The monoisotopic (exact) mass is 286 g/mol. The van der Waals surface area contributed by atoms with Crippen LogP contribution in [-0.2, 0) is 19.0 Å². The fraction of sp³-hybridized carbons (Fsp3) is 0.571. The first kappa shape index (κ1) is 16.2. The molecular weight excluding hydrogens is 263 g/mol. The number of ether oxygens (including phenoxy) is 1. The van der Waals surface area contributed by atoms with Crippen molar-refractivity contribution < 1.29 is 18.3 Å². The minimum Gasteiger partial charge on any atom is -0.481 e. The van der Waals surface area contributed by atoms with Crippen molar-refractivity contribution in [1.82, 2.24) is 0 Å². The molecule has 0 aromatic heterocycles. The Morgan fingerprint density at radius 2 is 1.74 bits per heavy atom. The van der Waals surface area contributed by atoms with Crippen LogP contribution >= 0.6 is 7.60 Å². The van der Waals surface area contributed by atoms with Gasteiger partial charge in [0, 0.05) is 14.2 Å². The summed E-state index contributed by atoms with van der Waals surface area (Å²) in [5.41, 5.74) is 2.11. The molecule has 0 saturated carbocycles. The molecule has 0 bridgehead atoms. The lowest BCUT2D eigenvalue weighted by atomic mass is 9.86. The fourth-order valence-corrected chi connectivity index (χ4v) is 2.35. The molecule has 0 unspecified atom stereocenters. The van der Waals surface area contributed by atoms with Crippen molar-refractivity contribution in [2.24, 2.45) is 0 Å². The first-order valence-corrected chi connectivity index (χ1v) is 7.89. The molecule has 4 nitrogen and oxygen atoms in total. The van der Waals surface area contributed by atoms with E-state index in [0.717, 1.165) is 16.9 Å². The summed E-state index contributed by atoms with van der Waals surface area (Å²) in [6.45, 7) is 8.32. The molecule has 108 valence electrons. The second kappa shape index (κ2) is 6.08. The largest absolute Gasteiger partial charge is 0.481 e. The van der Waals surface area contributed by atoms with Crippen molar-refractivity contribution in [1.29, 1.82) is 0 Å². The molecule has 0 saturated heterocycles. The molecule has 0 amide bonds. The smallest absolute Gasteiger partial charge is 0.367 e. The van der Waals surface area contributed by atoms with E-state index < -0.39 is 7.60 Å². The van der Waals surface area contributed by atoms with Gasteiger partial charge in [-0.15, -0.1) is 0 Å². The summed E-state index contributed by atoms with van der Waals surface area (Å²) < 4.78 is 27.4. The van der Waals surface area contributed by atoms with E-state index in [0.29, 0.717) is 0 Å². The number of aryl methyl sites for hydroxylation is 1. The van der Waals surface area contributed by atoms with Crippen LogP contribution in [0.3, 0.4) is 0 Å². The maximum Gasteiger partial charge on any atom is 0.367 e. The van der Waals surface area contributed by atoms with Crippen LogP contribution in [0.4, 0.5) is 0 Å². The Labute approximate surface area is 115 Å². The first-order valence-electron chi connectivity index (χ1n) is 6.16. The Morgan fingerprint density at radius 3 is 2.21 bits per heavy atom. The predicted octanol–water partition coefficient (Wildman–Crippen LogP) is 4.11. The highest BCUT2D eigenvalue weighted by Gasteiger charge is 2.25. The number of benzene rings is 1. The average Bonchev–Trinajstić information content (AvgIpc) is 2.34. The van der Waals surface area contributed by atoms with Crippen molar-refractivity contribution in [2.45, 2.75) is 33.1 Å². The Hall–Kier alpha value is -0.830. The first-order chi connectivity index (χ1) is 8.72. The van der Waals surface area contributed by atoms with Crippen LogP contribution in [0.25, 0.3) is 0 Å². The van der Waals surface area contributed by atoms with Gasteiger partial charge in [0.05, 0.1) is 0 Å². The third-order valence-electron chi connectivity index (χ3n) is 2.88. The van der Waals surface area contributed by atoms with Gasteiger partial charge in [0.2, 0.25) is 0 Å². The summed E-state index contributed by atoms with van der Waals surface area (Å²) in [6.07, 6.45) is -0.0907. The van der Waals surface area contributed by atoms with Gasteiger partial charge in [-0.25, -0.2) is 0 Å². The zero-order chi connectivity index (χ0) is 14.7. The van der Waals surface area contributed by atoms with Gasteiger partial charge in [-0.3, -0.25) is 4.57 Å². The highest BCUT2D eigenvalue weighted by Crippen LogP contribution is 2.46. The van der Waals surface area contributed by atoms with Crippen molar-refractivity contribution in [3.05, 3.63) is 29.3 Å². The van der Waals surface area contributed by atoms with Crippen molar-refractivity contribution >= 4 is 7.60 Å². The van der Waals surface area contributed by atoms with Crippen LogP contribution in [0.15, 0.2) is 18.2 Å². The van der Waals surface area contributed by atoms with E-state index in [2.05, 4.69) is 20.8 Å². The van der Waals surface area contributed by atoms with Crippen molar-refractivity contribution in [3.63, 3.8) is 0 Å². The van der Waals surface area contributed by atoms with Gasteiger partial charge in [0.1, 0.15) is 5.75 Å². The molecule has 0 aliphatic rings. The van der Waals surface area contributed by atoms with Gasteiger partial charge >= 0.3 is 7.60 Å². The number of rotatable bonds is 5. The van der Waals surface area contributed by atoms with Crippen LogP contribution in [0.5, 0.6) is 5.75 Å². The summed E-state index contributed by atoms with van der Waals surface area (Å²) in [6, 6.07) is 6.02. The average molecular weight is 286 g/mol. The number of hydrogen-bond donors (Lipinski definition) is 0. The highest BCUT2D eigenvalue weighted by atomic mass is 31.2. The number of hydrogen-bond acceptors (Lipinski definition) is 4. The van der Waals surface area contributed by atoms with Gasteiger partial charge in [-0.05, 0) is 29.5 Å². The zero-order valence-corrected chi connectivity index (χ0v) is 13.4. The predicted molar refractivity (Wildman–Crippen MR) is 77.0 cm³/mol. The van der Waals surface area contributed by atoms with Gasteiger partial charge in [-0.1, -0.05) is 32.9 Å². The van der Waals surface area contributed by atoms with E-state index >= 15 is 0 Å². The lowest BCUT2D eigenvalue weighted by Gasteiger charge is -2.24. The van der Waals surface area contributed by atoms with Crippen LogP contribution < -0.4 is 4.74 Å². The van der Waals surface area contributed by atoms with Gasteiger partial charge < -0.3 is 13.8 Å². The third kappa shape index (κ3) is 4.34. The van der Waals surface area contributed by atoms with Crippen LogP contribution in [-0.4, -0.2) is 20.6 Å². The summed E-state index contributed by atoms with van der Waals surface area (Å²) in [5, 5.41) is 0. The van der Waals surface area contributed by atoms with E-state index in [4.69, 9.17) is 13.8 Å². The molecular formula is C14H23O4P. The van der Waals surface area contributed by atoms with E-state index in [-0.39, 0.29) is 11.8 Å². The van der Waals surface area contributed by atoms with Crippen LogP contribution in [0.1, 0.15) is 31.9 Å². The van der Waals surface area contributed by atoms with Gasteiger partial charge in [0.15, 0.2) is 6.35 Å². The summed E-state index contributed by atoms with van der Waals surface area (Å²) in [7, 11) is -0.445. The Morgan fingerprint density at radius 1 is 1.16 bits per heavy atom. The SMILES string of the molecule is COP(=O)(COc1cc(C)ccc1C(C)(C)C)OC. The molecule has 0 fully saturated rings. The van der Waals surface area contributed by atoms with Crippen LogP contribution in [0, 0.1) is 6.92 Å². The summed E-state index contributed by atoms with van der Waals surface area (Å²) >= 11 is 0. The van der Waals surface area contributed by atoms with Crippen molar-refractivity contribution in [2.75, 3.05) is 20.6 Å². The molecule has 19 heavy (non-hydrogen) atoms. The van der Waals surface area contributed by atoms with E-state index in [9.17, 15) is 4.57 Å². The maximum absolute atomic E-state index is 12.0. The molecule has 0 N–H and O–H groups in total. The van der Waals surface area contributed by atoms with Crippen molar-refractivity contribution in [3.8, 4) is 5.75 Å². The van der Waals surface area contributed by atoms with Crippen LogP contribution in [0.2, 0.25) is 0 Å².